The summed E-state index contributed by atoms with van der Waals surface area (Å²) in [7, 11) is 3.01. The zero-order valence-electron chi connectivity index (χ0n) is 14.9. The third-order valence-corrected chi connectivity index (χ3v) is 5.48. The van der Waals surface area contributed by atoms with E-state index in [-0.39, 0.29) is 17.2 Å². The molecular weight excluding hydrogens is 421 g/mol. The van der Waals surface area contributed by atoms with Crippen LogP contribution in [0.1, 0.15) is 20.8 Å². The second kappa shape index (κ2) is 8.60. The fourth-order valence-electron chi connectivity index (χ4n) is 2.41. The molecule has 0 fully saturated rings. The van der Waals surface area contributed by atoms with Crippen LogP contribution in [0.2, 0.25) is 10.0 Å². The Hall–Kier alpha value is -2.61. The molecule has 1 aromatic heterocycles. The largest absolute Gasteiger partial charge is 0.497 e. The molecule has 0 aliphatic rings. The van der Waals surface area contributed by atoms with Gasteiger partial charge in [-0.3, -0.25) is 9.59 Å². The maximum Gasteiger partial charge on any atom is 0.275 e. The standard InChI is InChI=1S/C19H15Cl2N3O3S/c1-22-17(25)12-8-11(27-2)4-6-15(12)23-18(26)16-9-28-19(24-16)10-3-5-13(20)14(21)7-10/h3-9H,1-2H3,(H,22,25)(H,23,26). The second-order valence-corrected chi connectivity index (χ2v) is 7.28. The molecule has 0 aliphatic carbocycles. The maximum atomic E-state index is 12.6. The van der Waals surface area contributed by atoms with Crippen molar-refractivity contribution in [2.75, 3.05) is 19.5 Å². The fourth-order valence-corrected chi connectivity index (χ4v) is 3.50. The van der Waals surface area contributed by atoms with Crippen LogP contribution < -0.4 is 15.4 Å². The third kappa shape index (κ3) is 4.27. The first-order valence-corrected chi connectivity index (χ1v) is 9.69. The van der Waals surface area contributed by atoms with Crippen LogP contribution in [0.5, 0.6) is 5.75 Å². The van der Waals surface area contributed by atoms with Crippen LogP contribution in [0.3, 0.4) is 0 Å². The van der Waals surface area contributed by atoms with Crippen molar-refractivity contribution in [3.05, 3.63) is 63.1 Å². The van der Waals surface area contributed by atoms with Crippen molar-refractivity contribution in [2.45, 2.75) is 0 Å². The summed E-state index contributed by atoms with van der Waals surface area (Å²) in [4.78, 5) is 29.1. The van der Waals surface area contributed by atoms with Crippen LogP contribution in [-0.2, 0) is 0 Å². The summed E-state index contributed by atoms with van der Waals surface area (Å²) < 4.78 is 5.14. The number of anilines is 1. The number of ether oxygens (including phenoxy) is 1. The molecule has 0 saturated carbocycles. The molecule has 6 nitrogen and oxygen atoms in total. The van der Waals surface area contributed by atoms with Gasteiger partial charge in [0.15, 0.2) is 0 Å². The number of halogens is 2. The first-order valence-electron chi connectivity index (χ1n) is 8.05. The molecule has 1 heterocycles. The number of amides is 2. The first kappa shape index (κ1) is 20.1. The van der Waals surface area contributed by atoms with E-state index in [1.807, 2.05) is 0 Å². The van der Waals surface area contributed by atoms with E-state index in [2.05, 4.69) is 15.6 Å². The predicted molar refractivity (Wildman–Crippen MR) is 112 cm³/mol. The van der Waals surface area contributed by atoms with Gasteiger partial charge in [-0.25, -0.2) is 4.98 Å². The Labute approximate surface area is 175 Å². The molecule has 2 N–H and O–H groups in total. The number of aromatic nitrogens is 1. The summed E-state index contributed by atoms with van der Waals surface area (Å²) in [6.07, 6.45) is 0. The van der Waals surface area contributed by atoms with Gasteiger partial charge in [0.1, 0.15) is 16.5 Å². The van der Waals surface area contributed by atoms with Crippen LogP contribution in [0.25, 0.3) is 10.6 Å². The lowest BCUT2D eigenvalue weighted by Crippen LogP contribution is -2.21. The zero-order valence-corrected chi connectivity index (χ0v) is 17.2. The maximum absolute atomic E-state index is 12.6. The number of thiazole rings is 1. The molecule has 3 aromatic rings. The summed E-state index contributed by atoms with van der Waals surface area (Å²) in [6.45, 7) is 0. The van der Waals surface area contributed by atoms with Crippen molar-refractivity contribution < 1.29 is 14.3 Å². The minimum atomic E-state index is -0.433. The van der Waals surface area contributed by atoms with Gasteiger partial charge in [0.25, 0.3) is 11.8 Å². The Kier molecular flexibility index (Phi) is 6.18. The number of benzene rings is 2. The van der Waals surface area contributed by atoms with Gasteiger partial charge in [0, 0.05) is 18.0 Å². The molecule has 9 heteroatoms. The van der Waals surface area contributed by atoms with E-state index in [1.165, 1.54) is 25.5 Å². The average Bonchev–Trinajstić information content (AvgIpc) is 3.20. The number of methoxy groups -OCH3 is 1. The summed E-state index contributed by atoms with van der Waals surface area (Å²) >= 11 is 13.3. The van der Waals surface area contributed by atoms with Crippen molar-refractivity contribution in [1.82, 2.24) is 10.3 Å². The number of carbonyl (C=O) groups excluding carboxylic acids is 2. The highest BCUT2D eigenvalue weighted by molar-refractivity contribution is 7.13. The second-order valence-electron chi connectivity index (χ2n) is 5.61. The van der Waals surface area contributed by atoms with Crippen molar-refractivity contribution in [2.24, 2.45) is 0 Å². The Morgan fingerprint density at radius 2 is 1.86 bits per heavy atom. The van der Waals surface area contributed by atoms with Crippen LogP contribution in [-0.4, -0.2) is 31.0 Å². The molecule has 0 bridgehead atoms. The van der Waals surface area contributed by atoms with Crippen LogP contribution in [0.15, 0.2) is 41.8 Å². The quantitative estimate of drug-likeness (QED) is 0.606. The van der Waals surface area contributed by atoms with Gasteiger partial charge in [-0.15, -0.1) is 11.3 Å². The van der Waals surface area contributed by atoms with E-state index >= 15 is 0 Å². The molecule has 0 aliphatic heterocycles. The predicted octanol–water partition coefficient (Wildman–Crippen LogP) is 4.74. The van der Waals surface area contributed by atoms with Gasteiger partial charge >= 0.3 is 0 Å². The van der Waals surface area contributed by atoms with Crippen molar-refractivity contribution in [1.29, 1.82) is 0 Å². The number of nitrogens with zero attached hydrogens (tertiary/aromatic N) is 1. The first-order chi connectivity index (χ1) is 13.4. The van der Waals surface area contributed by atoms with Crippen LogP contribution in [0, 0.1) is 0 Å². The summed E-state index contributed by atoms with van der Waals surface area (Å²) in [6, 6.07) is 9.96. The van der Waals surface area contributed by atoms with Crippen molar-refractivity contribution in [3.8, 4) is 16.3 Å². The van der Waals surface area contributed by atoms with Crippen molar-refractivity contribution in [3.63, 3.8) is 0 Å². The number of rotatable bonds is 5. The van der Waals surface area contributed by atoms with Gasteiger partial charge in [0.05, 0.1) is 28.4 Å². The summed E-state index contributed by atoms with van der Waals surface area (Å²) in [5, 5.41) is 8.38. The molecule has 2 amide bonds. The van der Waals surface area contributed by atoms with Gasteiger partial charge in [-0.05, 0) is 30.3 Å². The molecular formula is C19H15Cl2N3O3S. The average molecular weight is 436 g/mol. The molecule has 28 heavy (non-hydrogen) atoms. The van der Waals surface area contributed by atoms with Gasteiger partial charge < -0.3 is 15.4 Å². The number of carbonyl (C=O) groups is 2. The highest BCUT2D eigenvalue weighted by atomic mass is 35.5. The normalized spacial score (nSPS) is 10.4. The number of hydrogen-bond acceptors (Lipinski definition) is 5. The Morgan fingerprint density at radius 3 is 2.54 bits per heavy atom. The summed E-state index contributed by atoms with van der Waals surface area (Å²) in [5.41, 5.74) is 1.63. The number of hydrogen-bond donors (Lipinski definition) is 2. The Bertz CT molecular complexity index is 1050. The third-order valence-electron chi connectivity index (χ3n) is 3.85. The van der Waals surface area contributed by atoms with Gasteiger partial charge in [0.2, 0.25) is 0 Å². The minimum Gasteiger partial charge on any atom is -0.497 e. The lowest BCUT2D eigenvalue weighted by molar-refractivity contribution is 0.0963. The monoisotopic (exact) mass is 435 g/mol. The van der Waals surface area contributed by atoms with Crippen LogP contribution >= 0.6 is 34.5 Å². The lowest BCUT2D eigenvalue weighted by Gasteiger charge is -2.11. The van der Waals surface area contributed by atoms with E-state index in [0.29, 0.717) is 26.5 Å². The summed E-state index contributed by atoms with van der Waals surface area (Å²) in [5.74, 6) is -0.269. The number of nitrogens with one attached hydrogen (secondary N) is 2. The SMILES string of the molecule is CNC(=O)c1cc(OC)ccc1NC(=O)c1csc(-c2ccc(Cl)c(Cl)c2)n1. The molecule has 0 atom stereocenters. The fraction of sp³-hybridized carbons (Fsp3) is 0.105. The molecule has 0 radical (unpaired) electrons. The Balaban J connectivity index is 1.85. The smallest absolute Gasteiger partial charge is 0.275 e. The van der Waals surface area contributed by atoms with E-state index in [0.717, 1.165) is 5.56 Å². The van der Waals surface area contributed by atoms with Gasteiger partial charge in [-0.2, -0.15) is 0 Å². The molecule has 0 spiro atoms. The lowest BCUT2D eigenvalue weighted by atomic mass is 10.1. The molecule has 144 valence electrons. The highest BCUT2D eigenvalue weighted by Gasteiger charge is 2.17. The van der Waals surface area contributed by atoms with E-state index < -0.39 is 5.91 Å². The van der Waals surface area contributed by atoms with E-state index in [9.17, 15) is 9.59 Å². The molecule has 2 aromatic carbocycles. The zero-order chi connectivity index (χ0) is 20.3. The van der Waals surface area contributed by atoms with E-state index in [4.69, 9.17) is 27.9 Å². The van der Waals surface area contributed by atoms with Gasteiger partial charge in [-0.1, -0.05) is 29.3 Å². The topological polar surface area (TPSA) is 80.3 Å². The molecule has 0 saturated heterocycles. The highest BCUT2D eigenvalue weighted by Crippen LogP contribution is 2.30. The van der Waals surface area contributed by atoms with Crippen LogP contribution in [0.4, 0.5) is 5.69 Å². The van der Waals surface area contributed by atoms with E-state index in [1.54, 1.807) is 41.8 Å². The minimum absolute atomic E-state index is 0.227. The van der Waals surface area contributed by atoms with Crippen molar-refractivity contribution >= 4 is 52.0 Å². The molecule has 0 unspecified atom stereocenters. The molecule has 3 rings (SSSR count). The Morgan fingerprint density at radius 1 is 1.07 bits per heavy atom.